The van der Waals surface area contributed by atoms with Crippen LogP contribution in [0.15, 0.2) is 18.9 Å². The summed E-state index contributed by atoms with van der Waals surface area (Å²) in [4.78, 5) is 12.1. The molecule has 0 saturated carbocycles. The number of hydrogen-bond acceptors (Lipinski definition) is 5. The summed E-state index contributed by atoms with van der Waals surface area (Å²) in [6.45, 7) is 0.413. The molecule has 2 unspecified atom stereocenters. The average Bonchev–Trinajstić information content (AvgIpc) is 2.93. The SMILES string of the molecule is C#CC1(n2cnc3cncnc32)OCCC1O. The monoisotopic (exact) mass is 230 g/mol. The van der Waals surface area contributed by atoms with Gasteiger partial charge in [0.05, 0.1) is 12.8 Å². The number of fused-ring (bicyclic) bond motifs is 1. The smallest absolute Gasteiger partial charge is 0.237 e. The second kappa shape index (κ2) is 3.52. The highest BCUT2D eigenvalue weighted by molar-refractivity contribution is 5.69. The molecular formula is C11H10N4O2. The van der Waals surface area contributed by atoms with Gasteiger partial charge in [-0.1, -0.05) is 0 Å². The van der Waals surface area contributed by atoms with Crippen molar-refractivity contribution in [2.45, 2.75) is 18.2 Å². The number of aromatic nitrogens is 4. The van der Waals surface area contributed by atoms with E-state index in [4.69, 9.17) is 11.2 Å². The van der Waals surface area contributed by atoms with E-state index < -0.39 is 11.8 Å². The van der Waals surface area contributed by atoms with Crippen molar-refractivity contribution in [2.24, 2.45) is 0 Å². The Balaban J connectivity index is 2.24. The molecule has 6 nitrogen and oxygen atoms in total. The van der Waals surface area contributed by atoms with Crippen LogP contribution in [0.25, 0.3) is 11.2 Å². The fourth-order valence-corrected chi connectivity index (χ4v) is 2.07. The molecule has 0 spiro atoms. The summed E-state index contributed by atoms with van der Waals surface area (Å²) in [6, 6.07) is 0. The van der Waals surface area contributed by atoms with Crippen LogP contribution in [0.3, 0.4) is 0 Å². The molecule has 6 heteroatoms. The Bertz CT molecular complexity index is 603. The number of aliphatic hydroxyl groups excluding tert-OH is 1. The van der Waals surface area contributed by atoms with Gasteiger partial charge in [0.25, 0.3) is 0 Å². The van der Waals surface area contributed by atoms with Crippen LogP contribution >= 0.6 is 0 Å². The lowest BCUT2D eigenvalue weighted by molar-refractivity contribution is -0.0689. The third kappa shape index (κ3) is 1.27. The molecule has 86 valence electrons. The number of aliphatic hydroxyl groups is 1. The van der Waals surface area contributed by atoms with Crippen molar-refractivity contribution in [2.75, 3.05) is 6.61 Å². The zero-order valence-electron chi connectivity index (χ0n) is 8.95. The Morgan fingerprint density at radius 2 is 2.47 bits per heavy atom. The summed E-state index contributed by atoms with van der Waals surface area (Å²) in [5.41, 5.74) is -0.0351. The van der Waals surface area contributed by atoms with Gasteiger partial charge in [-0.25, -0.2) is 15.0 Å². The van der Waals surface area contributed by atoms with Crippen molar-refractivity contribution in [3.8, 4) is 12.3 Å². The molecule has 3 rings (SSSR count). The van der Waals surface area contributed by atoms with Crippen molar-refractivity contribution in [3.63, 3.8) is 0 Å². The lowest BCUT2D eigenvalue weighted by atomic mass is 10.1. The summed E-state index contributed by atoms with van der Waals surface area (Å²) in [5.74, 6) is 2.51. The average molecular weight is 230 g/mol. The van der Waals surface area contributed by atoms with Gasteiger partial charge in [0, 0.05) is 6.42 Å². The van der Waals surface area contributed by atoms with E-state index in [2.05, 4.69) is 20.9 Å². The van der Waals surface area contributed by atoms with E-state index in [9.17, 15) is 5.11 Å². The van der Waals surface area contributed by atoms with Crippen LogP contribution in [-0.2, 0) is 10.5 Å². The molecule has 3 heterocycles. The fraction of sp³-hybridized carbons (Fsp3) is 0.364. The summed E-state index contributed by atoms with van der Waals surface area (Å²) in [5, 5.41) is 10.0. The van der Waals surface area contributed by atoms with Gasteiger partial charge in [-0.3, -0.25) is 4.57 Å². The van der Waals surface area contributed by atoms with Crippen LogP contribution in [0, 0.1) is 12.3 Å². The van der Waals surface area contributed by atoms with Gasteiger partial charge in [-0.15, -0.1) is 6.42 Å². The Labute approximate surface area is 97.3 Å². The second-order valence-electron chi connectivity index (χ2n) is 3.84. The Kier molecular flexibility index (Phi) is 2.11. The van der Waals surface area contributed by atoms with Crippen LogP contribution in [0.5, 0.6) is 0 Å². The third-order valence-electron chi connectivity index (χ3n) is 2.94. The molecule has 0 radical (unpaired) electrons. The largest absolute Gasteiger partial charge is 0.387 e. The molecule has 0 aliphatic carbocycles. The first kappa shape index (κ1) is 10.2. The summed E-state index contributed by atoms with van der Waals surface area (Å²) >= 11 is 0. The van der Waals surface area contributed by atoms with Crippen LogP contribution in [0.1, 0.15) is 6.42 Å². The van der Waals surface area contributed by atoms with Crippen molar-refractivity contribution in [1.82, 2.24) is 19.5 Å². The topological polar surface area (TPSA) is 73.1 Å². The summed E-state index contributed by atoms with van der Waals surface area (Å²) in [6.07, 6.45) is 9.76. The van der Waals surface area contributed by atoms with Gasteiger partial charge in [-0.05, 0) is 5.92 Å². The number of ether oxygens (including phenoxy) is 1. The van der Waals surface area contributed by atoms with E-state index in [1.54, 1.807) is 10.8 Å². The molecule has 0 amide bonds. The molecule has 1 N–H and O–H groups in total. The van der Waals surface area contributed by atoms with E-state index in [1.165, 1.54) is 12.7 Å². The number of rotatable bonds is 1. The molecule has 1 fully saturated rings. The minimum atomic E-state index is -1.21. The van der Waals surface area contributed by atoms with E-state index in [1.807, 2.05) is 0 Å². The van der Waals surface area contributed by atoms with Crippen molar-refractivity contribution < 1.29 is 9.84 Å². The molecule has 0 aromatic carbocycles. The highest BCUT2D eigenvalue weighted by Gasteiger charge is 2.45. The predicted molar refractivity (Wildman–Crippen MR) is 58.7 cm³/mol. The number of imidazole rings is 1. The summed E-state index contributed by atoms with van der Waals surface area (Å²) in [7, 11) is 0. The van der Waals surface area contributed by atoms with Gasteiger partial charge in [0.1, 0.15) is 24.3 Å². The van der Waals surface area contributed by atoms with Gasteiger partial charge >= 0.3 is 0 Å². The lowest BCUT2D eigenvalue weighted by Gasteiger charge is -2.27. The normalized spacial score (nSPS) is 28.4. The van der Waals surface area contributed by atoms with E-state index in [-0.39, 0.29) is 0 Å². The van der Waals surface area contributed by atoms with Crippen LogP contribution in [-0.4, -0.2) is 37.3 Å². The third-order valence-corrected chi connectivity index (χ3v) is 2.94. The van der Waals surface area contributed by atoms with Gasteiger partial charge in [0.15, 0.2) is 5.65 Å². The maximum atomic E-state index is 10.0. The first-order valence-corrected chi connectivity index (χ1v) is 5.21. The summed E-state index contributed by atoms with van der Waals surface area (Å²) < 4.78 is 7.12. The molecule has 17 heavy (non-hydrogen) atoms. The van der Waals surface area contributed by atoms with Gasteiger partial charge in [-0.2, -0.15) is 0 Å². The molecule has 0 bridgehead atoms. The first-order chi connectivity index (χ1) is 8.28. The highest BCUT2D eigenvalue weighted by Crippen LogP contribution is 2.32. The fourth-order valence-electron chi connectivity index (χ4n) is 2.07. The quantitative estimate of drug-likeness (QED) is 0.692. The molecule has 1 saturated heterocycles. The second-order valence-corrected chi connectivity index (χ2v) is 3.84. The molecule has 1 aliphatic rings. The number of nitrogens with zero attached hydrogens (tertiary/aromatic N) is 4. The Morgan fingerprint density at radius 1 is 1.59 bits per heavy atom. The maximum absolute atomic E-state index is 10.0. The van der Waals surface area contributed by atoms with Crippen molar-refractivity contribution in [1.29, 1.82) is 0 Å². The first-order valence-electron chi connectivity index (χ1n) is 5.21. The number of terminal acetylenes is 1. The number of hydrogen-bond donors (Lipinski definition) is 1. The minimum Gasteiger partial charge on any atom is -0.387 e. The zero-order chi connectivity index (χ0) is 11.9. The predicted octanol–water partition coefficient (Wildman–Crippen LogP) is -0.107. The van der Waals surface area contributed by atoms with Crippen LogP contribution in [0.2, 0.25) is 0 Å². The Hall–Kier alpha value is -1.97. The van der Waals surface area contributed by atoms with Crippen LogP contribution < -0.4 is 0 Å². The zero-order valence-corrected chi connectivity index (χ0v) is 8.95. The Morgan fingerprint density at radius 3 is 3.18 bits per heavy atom. The van der Waals surface area contributed by atoms with Crippen LogP contribution in [0.4, 0.5) is 0 Å². The van der Waals surface area contributed by atoms with Crippen molar-refractivity contribution in [3.05, 3.63) is 18.9 Å². The standard InChI is InChI=1S/C11H10N4O2/c1-2-11(9(16)3-4-17-11)15-7-14-8-5-12-6-13-10(8)15/h1,5-7,9,16H,3-4H2. The maximum Gasteiger partial charge on any atom is 0.237 e. The lowest BCUT2D eigenvalue weighted by Crippen LogP contribution is -2.40. The van der Waals surface area contributed by atoms with E-state index >= 15 is 0 Å². The molecule has 2 aromatic heterocycles. The molecule has 1 aliphatic heterocycles. The minimum absolute atomic E-state index is 0.413. The van der Waals surface area contributed by atoms with Gasteiger partial charge < -0.3 is 9.84 Å². The molecule has 2 atom stereocenters. The van der Waals surface area contributed by atoms with E-state index in [0.29, 0.717) is 24.2 Å². The van der Waals surface area contributed by atoms with Gasteiger partial charge in [0.2, 0.25) is 5.72 Å². The molecule has 2 aromatic rings. The molecular weight excluding hydrogens is 220 g/mol. The van der Waals surface area contributed by atoms with E-state index in [0.717, 1.165) is 0 Å². The van der Waals surface area contributed by atoms with Crippen molar-refractivity contribution >= 4 is 11.2 Å². The highest BCUT2D eigenvalue weighted by atomic mass is 16.5.